The van der Waals surface area contributed by atoms with E-state index in [9.17, 15) is 9.59 Å². The molecule has 0 heterocycles. The molecule has 2 rings (SSSR count). The van der Waals surface area contributed by atoms with Gasteiger partial charge in [0.1, 0.15) is 0 Å². The minimum Gasteiger partial charge on any atom is -0.452 e. The van der Waals surface area contributed by atoms with Gasteiger partial charge in [0.15, 0.2) is 6.61 Å². The highest BCUT2D eigenvalue weighted by atomic mass is 35.5. The molecule has 5 heteroatoms. The second-order valence-corrected chi connectivity index (χ2v) is 6.46. The van der Waals surface area contributed by atoms with Crippen LogP contribution in [0.3, 0.4) is 0 Å². The standard InChI is InChI=1S/C17H22ClNO3/c1-11-4-3-5-15(12(11)2)19-16(20)10-22-17(21)13-6-8-14(18)9-7-13/h6-9,11-12,15H,3-5,10H2,1-2H3,(H,19,20)/t11-,12+,15+/m1/s1. The fourth-order valence-corrected chi connectivity index (χ4v) is 2.96. The lowest BCUT2D eigenvalue weighted by Crippen LogP contribution is -2.45. The molecule has 1 saturated carbocycles. The number of benzene rings is 1. The summed E-state index contributed by atoms with van der Waals surface area (Å²) < 4.78 is 5.04. The van der Waals surface area contributed by atoms with E-state index in [2.05, 4.69) is 19.2 Å². The fraction of sp³-hybridized carbons (Fsp3) is 0.529. The third-order valence-corrected chi connectivity index (χ3v) is 4.72. The van der Waals surface area contributed by atoms with Gasteiger partial charge in [0, 0.05) is 11.1 Å². The van der Waals surface area contributed by atoms with Crippen molar-refractivity contribution in [1.29, 1.82) is 0 Å². The van der Waals surface area contributed by atoms with Gasteiger partial charge in [-0.25, -0.2) is 4.79 Å². The number of nitrogens with one attached hydrogen (secondary N) is 1. The van der Waals surface area contributed by atoms with Gasteiger partial charge in [0.05, 0.1) is 5.56 Å². The molecule has 0 unspecified atom stereocenters. The van der Waals surface area contributed by atoms with Crippen LogP contribution in [-0.2, 0) is 9.53 Å². The molecule has 1 aromatic rings. The minimum atomic E-state index is -0.517. The lowest BCUT2D eigenvalue weighted by atomic mass is 9.78. The molecule has 4 nitrogen and oxygen atoms in total. The van der Waals surface area contributed by atoms with Gasteiger partial charge >= 0.3 is 5.97 Å². The first-order valence-corrected chi connectivity index (χ1v) is 8.07. The van der Waals surface area contributed by atoms with Crippen LogP contribution < -0.4 is 5.32 Å². The van der Waals surface area contributed by atoms with Crippen molar-refractivity contribution in [3.05, 3.63) is 34.9 Å². The maximum atomic E-state index is 11.9. The normalized spacial score (nSPS) is 24.6. The van der Waals surface area contributed by atoms with Crippen LogP contribution in [0.5, 0.6) is 0 Å². The molecule has 0 aliphatic heterocycles. The largest absolute Gasteiger partial charge is 0.452 e. The second-order valence-electron chi connectivity index (χ2n) is 6.02. The van der Waals surface area contributed by atoms with Crippen molar-refractivity contribution >= 4 is 23.5 Å². The molecular weight excluding hydrogens is 302 g/mol. The van der Waals surface area contributed by atoms with Crippen molar-refractivity contribution in [3.8, 4) is 0 Å². The van der Waals surface area contributed by atoms with E-state index in [-0.39, 0.29) is 18.6 Å². The number of esters is 1. The van der Waals surface area contributed by atoms with Crippen LogP contribution in [0.25, 0.3) is 0 Å². The zero-order chi connectivity index (χ0) is 16.1. The monoisotopic (exact) mass is 323 g/mol. The van der Waals surface area contributed by atoms with Gasteiger partial charge in [-0.15, -0.1) is 0 Å². The molecule has 0 saturated heterocycles. The van der Waals surface area contributed by atoms with Crippen molar-refractivity contribution in [2.24, 2.45) is 11.8 Å². The second kappa shape index (κ2) is 7.63. The Kier molecular flexibility index (Phi) is 5.83. The van der Waals surface area contributed by atoms with Gasteiger partial charge in [-0.05, 0) is 42.5 Å². The van der Waals surface area contributed by atoms with Crippen LogP contribution in [0.2, 0.25) is 5.02 Å². The number of carbonyl (C=O) groups excluding carboxylic acids is 2. The average Bonchev–Trinajstić information content (AvgIpc) is 2.50. The van der Waals surface area contributed by atoms with E-state index in [1.165, 1.54) is 6.42 Å². The van der Waals surface area contributed by atoms with Gasteiger partial charge in [-0.1, -0.05) is 38.3 Å². The smallest absolute Gasteiger partial charge is 0.338 e. The van der Waals surface area contributed by atoms with Crippen LogP contribution in [-0.4, -0.2) is 24.5 Å². The summed E-state index contributed by atoms with van der Waals surface area (Å²) in [4.78, 5) is 23.8. The minimum absolute atomic E-state index is 0.172. The van der Waals surface area contributed by atoms with Gasteiger partial charge in [-0.2, -0.15) is 0 Å². The summed E-state index contributed by atoms with van der Waals surface area (Å²) in [7, 11) is 0. The number of ether oxygens (including phenoxy) is 1. The zero-order valence-electron chi connectivity index (χ0n) is 13.0. The highest BCUT2D eigenvalue weighted by Crippen LogP contribution is 2.29. The predicted octanol–water partition coefficient (Wildman–Crippen LogP) is 3.44. The highest BCUT2D eigenvalue weighted by molar-refractivity contribution is 6.30. The van der Waals surface area contributed by atoms with Crippen molar-refractivity contribution in [3.63, 3.8) is 0 Å². The Morgan fingerprint density at radius 2 is 1.91 bits per heavy atom. The van der Waals surface area contributed by atoms with Gasteiger partial charge in [-0.3, -0.25) is 4.79 Å². The number of hydrogen-bond donors (Lipinski definition) is 1. The van der Waals surface area contributed by atoms with E-state index in [1.54, 1.807) is 24.3 Å². The Morgan fingerprint density at radius 3 is 2.59 bits per heavy atom. The van der Waals surface area contributed by atoms with Crippen LogP contribution in [0.1, 0.15) is 43.5 Å². The first-order chi connectivity index (χ1) is 10.5. The lowest BCUT2D eigenvalue weighted by Gasteiger charge is -2.34. The molecule has 1 aromatic carbocycles. The van der Waals surface area contributed by atoms with E-state index in [0.29, 0.717) is 22.4 Å². The van der Waals surface area contributed by atoms with Gasteiger partial charge < -0.3 is 10.1 Å². The van der Waals surface area contributed by atoms with Crippen LogP contribution in [0.15, 0.2) is 24.3 Å². The molecule has 120 valence electrons. The Balaban J connectivity index is 1.80. The summed E-state index contributed by atoms with van der Waals surface area (Å²) in [5, 5.41) is 3.53. The molecule has 1 N–H and O–H groups in total. The number of hydrogen-bond acceptors (Lipinski definition) is 3. The Hall–Kier alpha value is -1.55. The first-order valence-electron chi connectivity index (χ1n) is 7.69. The molecule has 1 aliphatic carbocycles. The third kappa shape index (κ3) is 4.47. The van der Waals surface area contributed by atoms with E-state index in [1.807, 2.05) is 0 Å². The summed E-state index contributed by atoms with van der Waals surface area (Å²) >= 11 is 5.76. The molecule has 3 atom stereocenters. The number of amides is 1. The number of halogens is 1. The first kappa shape index (κ1) is 16.8. The number of carbonyl (C=O) groups is 2. The molecule has 0 aromatic heterocycles. The van der Waals surface area contributed by atoms with E-state index in [4.69, 9.17) is 16.3 Å². The lowest BCUT2D eigenvalue weighted by molar-refractivity contribution is -0.125. The summed E-state index contributed by atoms with van der Waals surface area (Å²) in [6.07, 6.45) is 3.32. The Morgan fingerprint density at radius 1 is 1.23 bits per heavy atom. The molecule has 0 bridgehead atoms. The molecule has 22 heavy (non-hydrogen) atoms. The fourth-order valence-electron chi connectivity index (χ4n) is 2.83. The quantitative estimate of drug-likeness (QED) is 0.864. The Labute approximate surface area is 136 Å². The van der Waals surface area contributed by atoms with Crippen molar-refractivity contribution in [1.82, 2.24) is 5.32 Å². The van der Waals surface area contributed by atoms with E-state index in [0.717, 1.165) is 12.8 Å². The maximum Gasteiger partial charge on any atom is 0.338 e. The van der Waals surface area contributed by atoms with E-state index >= 15 is 0 Å². The van der Waals surface area contributed by atoms with Crippen LogP contribution in [0.4, 0.5) is 0 Å². The van der Waals surface area contributed by atoms with Crippen molar-refractivity contribution < 1.29 is 14.3 Å². The van der Waals surface area contributed by atoms with Crippen molar-refractivity contribution in [2.75, 3.05) is 6.61 Å². The Bertz CT molecular complexity index is 529. The third-order valence-electron chi connectivity index (χ3n) is 4.47. The van der Waals surface area contributed by atoms with Gasteiger partial charge in [0.25, 0.3) is 5.91 Å². The summed E-state index contributed by atoms with van der Waals surface area (Å²) in [5.41, 5.74) is 0.386. The van der Waals surface area contributed by atoms with Crippen molar-refractivity contribution in [2.45, 2.75) is 39.2 Å². The van der Waals surface area contributed by atoms with Crippen LogP contribution in [0, 0.1) is 11.8 Å². The molecule has 1 aliphatic rings. The zero-order valence-corrected chi connectivity index (χ0v) is 13.7. The number of rotatable bonds is 4. The topological polar surface area (TPSA) is 55.4 Å². The van der Waals surface area contributed by atoms with Gasteiger partial charge in [0.2, 0.25) is 0 Å². The highest BCUT2D eigenvalue weighted by Gasteiger charge is 2.28. The SMILES string of the molecule is C[C@H]1[C@H](C)CCC[C@@H]1NC(=O)COC(=O)c1ccc(Cl)cc1. The molecule has 1 amide bonds. The predicted molar refractivity (Wildman–Crippen MR) is 85.8 cm³/mol. The average molecular weight is 324 g/mol. The molecule has 0 spiro atoms. The summed E-state index contributed by atoms with van der Waals surface area (Å²) in [5.74, 6) is 0.297. The summed E-state index contributed by atoms with van der Waals surface area (Å²) in [6, 6.07) is 6.55. The molecule has 0 radical (unpaired) electrons. The van der Waals surface area contributed by atoms with E-state index < -0.39 is 5.97 Å². The molecule has 1 fully saturated rings. The van der Waals surface area contributed by atoms with Crippen LogP contribution >= 0.6 is 11.6 Å². The summed E-state index contributed by atoms with van der Waals surface area (Å²) in [6.45, 7) is 4.12. The molecular formula is C17H22ClNO3. The maximum absolute atomic E-state index is 11.9.